The fraction of sp³-hybridized carbons (Fsp3) is 0.650. The lowest BCUT2D eigenvalue weighted by molar-refractivity contribution is 0.0982. The molecule has 0 unspecified atom stereocenters. The lowest BCUT2D eigenvalue weighted by Crippen LogP contribution is -2.55. The molecule has 0 spiro atoms. The van der Waals surface area contributed by atoms with Crippen LogP contribution in [0.25, 0.3) is 0 Å². The summed E-state index contributed by atoms with van der Waals surface area (Å²) in [4.78, 5) is 6.87. The monoisotopic (exact) mass is 362 g/mol. The van der Waals surface area contributed by atoms with Crippen molar-refractivity contribution < 1.29 is 9.84 Å². The van der Waals surface area contributed by atoms with Crippen LogP contribution < -0.4 is 15.4 Å². The predicted molar refractivity (Wildman–Crippen MR) is 107 cm³/mol. The number of hydrogen-bond donors (Lipinski definition) is 3. The Labute approximate surface area is 157 Å². The normalized spacial score (nSPS) is 16.4. The van der Waals surface area contributed by atoms with Gasteiger partial charge in [0.05, 0.1) is 7.11 Å². The summed E-state index contributed by atoms with van der Waals surface area (Å²) < 4.78 is 5.12. The van der Waals surface area contributed by atoms with E-state index in [1.54, 1.807) is 20.2 Å². The summed E-state index contributed by atoms with van der Waals surface area (Å²) in [5, 5.41) is 16.8. The second kappa shape index (κ2) is 9.67. The number of methoxy groups -OCH3 is 1. The van der Waals surface area contributed by atoms with Crippen molar-refractivity contribution in [1.29, 1.82) is 0 Å². The second-order valence-corrected chi connectivity index (χ2v) is 7.46. The molecule has 26 heavy (non-hydrogen) atoms. The van der Waals surface area contributed by atoms with Gasteiger partial charge in [-0.2, -0.15) is 0 Å². The molecule has 6 heteroatoms. The summed E-state index contributed by atoms with van der Waals surface area (Å²) in [6.45, 7) is 8.47. The van der Waals surface area contributed by atoms with Gasteiger partial charge in [0.1, 0.15) is 11.5 Å². The summed E-state index contributed by atoms with van der Waals surface area (Å²) in [5.74, 6) is 1.72. The highest BCUT2D eigenvalue weighted by atomic mass is 16.5. The van der Waals surface area contributed by atoms with Crippen molar-refractivity contribution in [3.63, 3.8) is 0 Å². The molecule has 0 radical (unpaired) electrons. The number of hydrogen-bond acceptors (Lipinski definition) is 4. The van der Waals surface area contributed by atoms with Gasteiger partial charge in [-0.05, 0) is 57.8 Å². The van der Waals surface area contributed by atoms with Gasteiger partial charge >= 0.3 is 0 Å². The van der Waals surface area contributed by atoms with E-state index < -0.39 is 0 Å². The second-order valence-electron chi connectivity index (χ2n) is 7.46. The largest absolute Gasteiger partial charge is 0.508 e. The highest BCUT2D eigenvalue weighted by molar-refractivity contribution is 5.79. The van der Waals surface area contributed by atoms with Crippen molar-refractivity contribution in [2.24, 2.45) is 4.99 Å². The van der Waals surface area contributed by atoms with E-state index in [1.807, 2.05) is 12.1 Å². The molecule has 0 amide bonds. The Morgan fingerprint density at radius 2 is 1.96 bits per heavy atom. The van der Waals surface area contributed by atoms with E-state index in [-0.39, 0.29) is 11.3 Å². The standard InChI is InChI=1S/C20H34N4O2/c1-20(2,24-12-6-5-7-13-24)15-23-19(21-3)22-11-10-16-8-9-17(26-4)14-18(16)25/h8-9,14,25H,5-7,10-13,15H2,1-4H3,(H2,21,22,23). The molecule has 0 saturated carbocycles. The maximum Gasteiger partial charge on any atom is 0.191 e. The number of aliphatic imine (C=N–C) groups is 1. The van der Waals surface area contributed by atoms with Crippen LogP contribution in [0.15, 0.2) is 23.2 Å². The Morgan fingerprint density at radius 1 is 1.23 bits per heavy atom. The van der Waals surface area contributed by atoms with Gasteiger partial charge in [0.2, 0.25) is 0 Å². The van der Waals surface area contributed by atoms with E-state index in [2.05, 4.69) is 34.4 Å². The van der Waals surface area contributed by atoms with Gasteiger partial charge in [-0.15, -0.1) is 0 Å². The molecular weight excluding hydrogens is 328 g/mol. The number of phenols is 1. The van der Waals surface area contributed by atoms with Crippen LogP contribution >= 0.6 is 0 Å². The Morgan fingerprint density at radius 3 is 2.58 bits per heavy atom. The lowest BCUT2D eigenvalue weighted by Gasteiger charge is -2.41. The Bertz CT molecular complexity index is 595. The molecule has 1 aromatic rings. The molecule has 1 heterocycles. The Balaban J connectivity index is 1.78. The van der Waals surface area contributed by atoms with Crippen LogP contribution in [0.1, 0.15) is 38.7 Å². The average Bonchev–Trinajstić information content (AvgIpc) is 2.66. The van der Waals surface area contributed by atoms with Gasteiger partial charge in [0.25, 0.3) is 0 Å². The quantitative estimate of drug-likeness (QED) is 0.513. The molecule has 0 aromatic heterocycles. The molecule has 1 aromatic carbocycles. The number of nitrogens with one attached hydrogen (secondary N) is 2. The molecular formula is C20H34N4O2. The number of rotatable bonds is 7. The zero-order chi connectivity index (χ0) is 19.0. The maximum absolute atomic E-state index is 10.0. The third-order valence-electron chi connectivity index (χ3n) is 5.10. The minimum absolute atomic E-state index is 0.103. The SMILES string of the molecule is CN=C(NCCc1ccc(OC)cc1O)NCC(C)(C)N1CCCCC1. The zero-order valence-corrected chi connectivity index (χ0v) is 16.6. The first-order valence-electron chi connectivity index (χ1n) is 9.52. The molecule has 0 bridgehead atoms. The van der Waals surface area contributed by atoms with E-state index in [0.29, 0.717) is 18.7 Å². The van der Waals surface area contributed by atoms with E-state index in [9.17, 15) is 5.11 Å². The summed E-state index contributed by atoms with van der Waals surface area (Å²) in [6.07, 6.45) is 4.65. The molecule has 1 saturated heterocycles. The molecule has 1 aliphatic heterocycles. The number of piperidine rings is 1. The van der Waals surface area contributed by atoms with E-state index >= 15 is 0 Å². The van der Waals surface area contributed by atoms with E-state index in [4.69, 9.17) is 4.74 Å². The molecule has 2 rings (SSSR count). The first-order chi connectivity index (χ1) is 12.5. The lowest BCUT2D eigenvalue weighted by atomic mass is 9.98. The molecule has 0 atom stereocenters. The molecule has 0 aliphatic carbocycles. The third kappa shape index (κ3) is 5.80. The van der Waals surface area contributed by atoms with Crippen molar-refractivity contribution in [3.05, 3.63) is 23.8 Å². The molecule has 1 aliphatic rings. The highest BCUT2D eigenvalue weighted by Gasteiger charge is 2.27. The topological polar surface area (TPSA) is 69.1 Å². The summed E-state index contributed by atoms with van der Waals surface area (Å²) in [6, 6.07) is 5.40. The predicted octanol–water partition coefficient (Wildman–Crippen LogP) is 2.37. The Kier molecular flexibility index (Phi) is 7.57. The van der Waals surface area contributed by atoms with Crippen LogP contribution in [-0.4, -0.2) is 61.8 Å². The van der Waals surface area contributed by atoms with Crippen LogP contribution in [0.2, 0.25) is 0 Å². The molecule has 3 N–H and O–H groups in total. The number of phenolic OH excluding ortho intramolecular Hbond substituents is 1. The van der Waals surface area contributed by atoms with Crippen molar-refractivity contribution in [2.45, 2.75) is 45.1 Å². The summed E-state index contributed by atoms with van der Waals surface area (Å²) >= 11 is 0. The minimum atomic E-state index is 0.103. The van der Waals surface area contributed by atoms with E-state index in [0.717, 1.165) is 18.1 Å². The number of likely N-dealkylation sites (tertiary alicyclic amines) is 1. The Hall–Kier alpha value is -1.95. The van der Waals surface area contributed by atoms with E-state index in [1.165, 1.54) is 32.4 Å². The first kappa shape index (κ1) is 20.4. The van der Waals surface area contributed by atoms with Crippen LogP contribution in [0.3, 0.4) is 0 Å². The summed E-state index contributed by atoms with van der Waals surface area (Å²) in [7, 11) is 3.38. The smallest absolute Gasteiger partial charge is 0.191 e. The average molecular weight is 363 g/mol. The third-order valence-corrected chi connectivity index (χ3v) is 5.10. The number of aromatic hydroxyl groups is 1. The van der Waals surface area contributed by atoms with Crippen molar-refractivity contribution in [1.82, 2.24) is 15.5 Å². The van der Waals surface area contributed by atoms with Crippen LogP contribution in [-0.2, 0) is 6.42 Å². The number of guanidine groups is 1. The van der Waals surface area contributed by atoms with Crippen molar-refractivity contribution >= 4 is 5.96 Å². The minimum Gasteiger partial charge on any atom is -0.508 e. The number of ether oxygens (including phenoxy) is 1. The van der Waals surface area contributed by atoms with Gasteiger partial charge in [-0.25, -0.2) is 0 Å². The van der Waals surface area contributed by atoms with Crippen molar-refractivity contribution in [3.8, 4) is 11.5 Å². The highest BCUT2D eigenvalue weighted by Crippen LogP contribution is 2.23. The molecule has 146 valence electrons. The number of benzene rings is 1. The van der Waals surface area contributed by atoms with Crippen LogP contribution in [0.4, 0.5) is 0 Å². The fourth-order valence-electron chi connectivity index (χ4n) is 3.33. The fourth-order valence-corrected chi connectivity index (χ4v) is 3.33. The molecule has 6 nitrogen and oxygen atoms in total. The van der Waals surface area contributed by atoms with Gasteiger partial charge < -0.3 is 20.5 Å². The van der Waals surface area contributed by atoms with Gasteiger partial charge in [0.15, 0.2) is 5.96 Å². The summed E-state index contributed by atoms with van der Waals surface area (Å²) in [5.41, 5.74) is 0.995. The molecule has 1 fully saturated rings. The maximum atomic E-state index is 10.0. The van der Waals surface area contributed by atoms with Gasteiger partial charge in [0, 0.05) is 31.7 Å². The van der Waals surface area contributed by atoms with Gasteiger partial charge in [-0.1, -0.05) is 12.5 Å². The van der Waals surface area contributed by atoms with Crippen molar-refractivity contribution in [2.75, 3.05) is 40.3 Å². The first-order valence-corrected chi connectivity index (χ1v) is 9.52. The van der Waals surface area contributed by atoms with Crippen LogP contribution in [0.5, 0.6) is 11.5 Å². The van der Waals surface area contributed by atoms with Crippen LogP contribution in [0, 0.1) is 0 Å². The number of nitrogens with zero attached hydrogens (tertiary/aromatic N) is 2. The zero-order valence-electron chi connectivity index (χ0n) is 16.6. The van der Waals surface area contributed by atoms with Gasteiger partial charge in [-0.3, -0.25) is 9.89 Å².